The molecule has 2 atom stereocenters. The fourth-order valence-electron chi connectivity index (χ4n) is 5.01. The second-order valence-corrected chi connectivity index (χ2v) is 9.25. The van der Waals surface area contributed by atoms with Gasteiger partial charge in [-0.2, -0.15) is 13.2 Å². The molecule has 5 rings (SSSR count). The Bertz CT molecular complexity index is 1320. The van der Waals surface area contributed by atoms with Crippen molar-refractivity contribution in [2.45, 2.75) is 51.4 Å². The standard InChI is InChI=1S/C26H23F3N4O3/c1-14-5-7-18(19-4-2-3-11-30-19)22(32-23(14)26(27,28)29)15-6-8-17-16(12-15)13-33(25(17)36)20-9-10-21(34)31-24(20)35/h2-4,6,8,11-12,14,20H,5,7,9-10,13H2,1H3,(H,31,34,35). The minimum Gasteiger partial charge on any atom is -0.322 e. The van der Waals surface area contributed by atoms with E-state index in [1.807, 2.05) is 0 Å². The summed E-state index contributed by atoms with van der Waals surface area (Å²) in [5.74, 6) is -2.04. The van der Waals surface area contributed by atoms with Crippen molar-refractivity contribution >= 4 is 34.7 Å². The summed E-state index contributed by atoms with van der Waals surface area (Å²) in [6, 6.07) is 9.31. The smallest absolute Gasteiger partial charge is 0.322 e. The Kier molecular flexibility index (Phi) is 5.97. The Hall–Kier alpha value is -3.82. The number of hydrogen-bond acceptors (Lipinski definition) is 5. The fraction of sp³-hybridized carbons (Fsp3) is 0.346. The number of allylic oxidation sites excluding steroid dienone is 1. The Morgan fingerprint density at radius 1 is 1.06 bits per heavy atom. The molecule has 1 aromatic carbocycles. The van der Waals surface area contributed by atoms with Gasteiger partial charge in [-0.3, -0.25) is 24.7 Å². The highest BCUT2D eigenvalue weighted by atomic mass is 19.4. The molecule has 186 valence electrons. The van der Waals surface area contributed by atoms with Crippen LogP contribution in [0.15, 0.2) is 47.6 Å². The maximum Gasteiger partial charge on any atom is 0.429 e. The first-order valence-electron chi connectivity index (χ1n) is 11.7. The number of carbonyl (C=O) groups is 3. The topological polar surface area (TPSA) is 91.7 Å². The monoisotopic (exact) mass is 496 g/mol. The molecule has 0 saturated carbocycles. The second kappa shape index (κ2) is 9.00. The summed E-state index contributed by atoms with van der Waals surface area (Å²) >= 11 is 0. The van der Waals surface area contributed by atoms with Crippen LogP contribution in [0.5, 0.6) is 0 Å². The van der Waals surface area contributed by atoms with Crippen molar-refractivity contribution < 1.29 is 27.6 Å². The highest BCUT2D eigenvalue weighted by Gasteiger charge is 2.42. The summed E-state index contributed by atoms with van der Waals surface area (Å²) in [5.41, 5.74) is 1.91. The van der Waals surface area contributed by atoms with E-state index in [4.69, 9.17) is 0 Å². The molecule has 1 N–H and O–H groups in total. The first kappa shape index (κ1) is 23.9. The van der Waals surface area contributed by atoms with Crippen LogP contribution in [0, 0.1) is 5.92 Å². The summed E-state index contributed by atoms with van der Waals surface area (Å²) < 4.78 is 41.7. The van der Waals surface area contributed by atoms with Gasteiger partial charge in [-0.1, -0.05) is 19.1 Å². The lowest BCUT2D eigenvalue weighted by molar-refractivity contribution is -0.136. The number of fused-ring (bicyclic) bond motifs is 1. The van der Waals surface area contributed by atoms with E-state index < -0.39 is 29.8 Å². The van der Waals surface area contributed by atoms with Gasteiger partial charge in [0.2, 0.25) is 11.8 Å². The third-order valence-electron chi connectivity index (χ3n) is 6.87. The lowest BCUT2D eigenvalue weighted by Gasteiger charge is -2.29. The number of alkyl halides is 3. The van der Waals surface area contributed by atoms with Crippen LogP contribution in [0.2, 0.25) is 0 Å². The third-order valence-corrected chi connectivity index (χ3v) is 6.87. The highest BCUT2D eigenvalue weighted by Crippen LogP contribution is 2.39. The van der Waals surface area contributed by atoms with E-state index >= 15 is 0 Å². The highest BCUT2D eigenvalue weighted by molar-refractivity contribution is 6.06. The van der Waals surface area contributed by atoms with Gasteiger partial charge in [-0.25, -0.2) is 4.99 Å². The van der Waals surface area contributed by atoms with Gasteiger partial charge >= 0.3 is 6.18 Å². The first-order valence-corrected chi connectivity index (χ1v) is 11.7. The van der Waals surface area contributed by atoms with Gasteiger partial charge in [0, 0.05) is 41.8 Å². The number of nitrogens with zero attached hydrogens (tertiary/aromatic N) is 3. The van der Waals surface area contributed by atoms with E-state index in [2.05, 4.69) is 15.3 Å². The molecule has 0 radical (unpaired) electrons. The van der Waals surface area contributed by atoms with Crippen LogP contribution in [-0.4, -0.2) is 45.5 Å². The Morgan fingerprint density at radius 3 is 2.56 bits per heavy atom. The predicted octanol–water partition coefficient (Wildman–Crippen LogP) is 4.14. The molecule has 3 amide bonds. The molecule has 2 aromatic rings. The maximum absolute atomic E-state index is 13.9. The van der Waals surface area contributed by atoms with Crippen LogP contribution in [0.1, 0.15) is 59.8 Å². The zero-order valence-corrected chi connectivity index (χ0v) is 19.4. The number of halogens is 3. The van der Waals surface area contributed by atoms with Gasteiger partial charge in [0.1, 0.15) is 11.8 Å². The summed E-state index contributed by atoms with van der Waals surface area (Å²) in [6.07, 6.45) is -2.02. The molecule has 2 unspecified atom stereocenters. The van der Waals surface area contributed by atoms with Crippen molar-refractivity contribution in [3.8, 4) is 0 Å². The molecule has 3 aliphatic rings. The quantitative estimate of drug-likeness (QED) is 0.647. The van der Waals surface area contributed by atoms with Crippen molar-refractivity contribution in [3.05, 3.63) is 65.0 Å². The molecule has 7 nitrogen and oxygen atoms in total. The SMILES string of the molecule is CC1CCC(c2ccccn2)=C(c2ccc3c(c2)CN(C2CCC(=O)NC2=O)C3=O)N=C1C(F)(F)F. The predicted molar refractivity (Wildman–Crippen MR) is 125 cm³/mol. The van der Waals surface area contributed by atoms with Crippen LogP contribution in [0.4, 0.5) is 13.2 Å². The molecule has 1 fully saturated rings. The number of hydrogen-bond donors (Lipinski definition) is 1. The van der Waals surface area contributed by atoms with Crippen molar-refractivity contribution in [1.82, 2.24) is 15.2 Å². The molecule has 36 heavy (non-hydrogen) atoms. The van der Waals surface area contributed by atoms with Crippen molar-refractivity contribution in [2.75, 3.05) is 0 Å². The van der Waals surface area contributed by atoms with Crippen LogP contribution < -0.4 is 5.32 Å². The largest absolute Gasteiger partial charge is 0.429 e. The van der Waals surface area contributed by atoms with Crippen molar-refractivity contribution in [2.24, 2.45) is 10.9 Å². The summed E-state index contributed by atoms with van der Waals surface area (Å²) in [5, 5.41) is 2.26. The maximum atomic E-state index is 13.9. The average molecular weight is 496 g/mol. The first-order chi connectivity index (χ1) is 17.1. The molecular formula is C26H23F3N4O3. The fourth-order valence-corrected chi connectivity index (χ4v) is 5.01. The summed E-state index contributed by atoms with van der Waals surface area (Å²) in [6.45, 7) is 1.64. The molecule has 0 bridgehead atoms. The number of aliphatic imine (C=N–C) groups is 1. The zero-order chi connectivity index (χ0) is 25.6. The van der Waals surface area contributed by atoms with Crippen LogP contribution >= 0.6 is 0 Å². The minimum absolute atomic E-state index is 0.118. The number of amides is 3. The van der Waals surface area contributed by atoms with Crippen LogP contribution in [-0.2, 0) is 16.1 Å². The van der Waals surface area contributed by atoms with Gasteiger partial charge in [0.05, 0.1) is 11.4 Å². The minimum atomic E-state index is -4.58. The van der Waals surface area contributed by atoms with E-state index in [1.54, 1.807) is 42.6 Å². The number of carbonyl (C=O) groups excluding carboxylic acids is 3. The van der Waals surface area contributed by atoms with Crippen molar-refractivity contribution in [1.29, 1.82) is 0 Å². The van der Waals surface area contributed by atoms with E-state index in [1.165, 1.54) is 11.8 Å². The van der Waals surface area contributed by atoms with Crippen LogP contribution in [0.25, 0.3) is 11.3 Å². The van der Waals surface area contributed by atoms with Gasteiger partial charge in [0.25, 0.3) is 5.91 Å². The normalized spacial score (nSPS) is 22.8. The van der Waals surface area contributed by atoms with Gasteiger partial charge in [-0.15, -0.1) is 0 Å². The summed E-state index contributed by atoms with van der Waals surface area (Å²) in [7, 11) is 0. The lowest BCUT2D eigenvalue weighted by Crippen LogP contribution is -2.52. The molecule has 1 aromatic heterocycles. The molecule has 0 spiro atoms. The third kappa shape index (κ3) is 4.31. The van der Waals surface area contributed by atoms with Crippen molar-refractivity contribution in [3.63, 3.8) is 0 Å². The number of imide groups is 1. The second-order valence-electron chi connectivity index (χ2n) is 9.25. The zero-order valence-electron chi connectivity index (χ0n) is 19.4. The van der Waals surface area contributed by atoms with Gasteiger partial charge < -0.3 is 4.90 Å². The number of rotatable bonds is 3. The molecule has 0 aliphatic carbocycles. The Labute approximate surface area is 205 Å². The number of aromatic nitrogens is 1. The molecule has 1 saturated heterocycles. The average Bonchev–Trinajstić information content (AvgIpc) is 3.04. The van der Waals surface area contributed by atoms with E-state index in [9.17, 15) is 27.6 Å². The van der Waals surface area contributed by atoms with Crippen LogP contribution in [0.3, 0.4) is 0 Å². The number of nitrogens with one attached hydrogen (secondary N) is 1. The number of pyridine rings is 1. The molecule has 3 aliphatic heterocycles. The lowest BCUT2D eigenvalue weighted by atomic mass is 9.94. The van der Waals surface area contributed by atoms with E-state index in [0.29, 0.717) is 34.4 Å². The Morgan fingerprint density at radius 2 is 1.86 bits per heavy atom. The molecule has 4 heterocycles. The number of benzene rings is 1. The summed E-state index contributed by atoms with van der Waals surface area (Å²) in [4.78, 5) is 46.8. The molecule has 10 heteroatoms. The van der Waals surface area contributed by atoms with E-state index in [-0.39, 0.29) is 43.3 Å². The number of piperidine rings is 1. The van der Waals surface area contributed by atoms with Gasteiger partial charge in [-0.05, 0) is 49.1 Å². The molecular weight excluding hydrogens is 473 g/mol. The van der Waals surface area contributed by atoms with Gasteiger partial charge in [0.15, 0.2) is 0 Å². The Balaban J connectivity index is 1.58. The van der Waals surface area contributed by atoms with E-state index in [0.717, 1.165) is 0 Å².